The van der Waals surface area contributed by atoms with Gasteiger partial charge in [0.1, 0.15) is 0 Å². The maximum absolute atomic E-state index is 13.8. The fourth-order valence-electron chi connectivity index (χ4n) is 6.16. The van der Waals surface area contributed by atoms with E-state index in [-0.39, 0.29) is 35.5 Å². The zero-order chi connectivity index (χ0) is 22.1. The smallest absolute Gasteiger partial charge is 0.238 e. The van der Waals surface area contributed by atoms with Crippen LogP contribution in [0, 0.1) is 11.8 Å². The summed E-state index contributed by atoms with van der Waals surface area (Å²) in [4.78, 5) is 28.9. The molecule has 0 radical (unpaired) electrons. The second-order valence-electron chi connectivity index (χ2n) is 9.33. The number of halogens is 1. The first-order valence-corrected chi connectivity index (χ1v) is 11.7. The largest absolute Gasteiger partial charge is 0.274 e. The molecule has 1 fully saturated rings. The Balaban J connectivity index is 1.55. The Morgan fingerprint density at radius 1 is 0.812 bits per heavy atom. The highest BCUT2D eigenvalue weighted by molar-refractivity contribution is 6.31. The molecule has 160 valence electrons. The Kier molecular flexibility index (Phi) is 4.35. The number of carbonyl (C=O) groups is 2. The van der Waals surface area contributed by atoms with Gasteiger partial charge in [0, 0.05) is 16.9 Å². The molecule has 3 aliphatic carbocycles. The Bertz CT molecular complexity index is 1280. The quantitative estimate of drug-likeness (QED) is 0.450. The van der Waals surface area contributed by atoms with E-state index in [1.165, 1.54) is 32.7 Å². The monoisotopic (exact) mass is 441 g/mol. The molecule has 5 unspecified atom stereocenters. The van der Waals surface area contributed by atoms with E-state index in [2.05, 4.69) is 44.2 Å². The molecule has 2 amide bonds. The van der Waals surface area contributed by atoms with Crippen molar-refractivity contribution in [2.75, 3.05) is 4.90 Å². The number of hydrogen-bond donors (Lipinski definition) is 0. The number of nitrogens with zero attached hydrogens (tertiary/aromatic N) is 1. The summed E-state index contributed by atoms with van der Waals surface area (Å²) < 4.78 is 0. The summed E-state index contributed by atoms with van der Waals surface area (Å²) in [6.45, 7) is 4.44. The first-order valence-electron chi connectivity index (χ1n) is 11.4. The van der Waals surface area contributed by atoms with Crippen molar-refractivity contribution in [2.24, 2.45) is 11.8 Å². The highest BCUT2D eigenvalue weighted by atomic mass is 35.5. The van der Waals surface area contributed by atoms with Gasteiger partial charge in [-0.1, -0.05) is 74.0 Å². The van der Waals surface area contributed by atoms with Gasteiger partial charge in [0.05, 0.1) is 17.5 Å². The number of rotatable bonds is 3. The predicted molar refractivity (Wildman–Crippen MR) is 126 cm³/mol. The highest BCUT2D eigenvalue weighted by Gasteiger charge is 2.61. The van der Waals surface area contributed by atoms with E-state index in [1.807, 2.05) is 12.1 Å². The summed E-state index contributed by atoms with van der Waals surface area (Å²) in [5, 5.41) is 0.519. The van der Waals surface area contributed by atoms with E-state index in [4.69, 9.17) is 11.6 Å². The van der Waals surface area contributed by atoms with E-state index in [0.29, 0.717) is 16.6 Å². The van der Waals surface area contributed by atoms with Crippen LogP contribution in [0.15, 0.2) is 66.7 Å². The average molecular weight is 442 g/mol. The number of benzene rings is 3. The zero-order valence-electron chi connectivity index (χ0n) is 18.1. The second kappa shape index (κ2) is 7.05. The third-order valence-electron chi connectivity index (χ3n) is 7.81. The molecule has 0 aromatic heterocycles. The van der Waals surface area contributed by atoms with Crippen LogP contribution in [0.5, 0.6) is 0 Å². The van der Waals surface area contributed by atoms with Crippen LogP contribution in [0.25, 0.3) is 0 Å². The number of hydrogen-bond acceptors (Lipinski definition) is 2. The first-order chi connectivity index (χ1) is 15.5. The minimum atomic E-state index is -0.374. The summed E-state index contributed by atoms with van der Waals surface area (Å²) in [6.07, 6.45) is 1.06. The zero-order valence-corrected chi connectivity index (χ0v) is 18.8. The standard InChI is InChI=1S/C28H24ClNO2/c1-3-15(2)16-11-12-21-22(13-16)24-20-10-5-4-9-19(20)23(21)25-26(24)28(32)30(27(25)31)18-8-6-7-17(29)14-18/h4-15,23-26H,3H2,1-2H3. The van der Waals surface area contributed by atoms with Gasteiger partial charge < -0.3 is 0 Å². The molecule has 0 saturated carbocycles. The molecule has 1 heterocycles. The average Bonchev–Trinajstić information content (AvgIpc) is 3.08. The molecule has 0 spiro atoms. The predicted octanol–water partition coefficient (Wildman–Crippen LogP) is 6.25. The van der Waals surface area contributed by atoms with Crippen molar-refractivity contribution >= 4 is 29.1 Å². The van der Waals surface area contributed by atoms with Crippen LogP contribution in [0.1, 0.15) is 65.8 Å². The van der Waals surface area contributed by atoms with Gasteiger partial charge in [0.2, 0.25) is 11.8 Å². The van der Waals surface area contributed by atoms with Gasteiger partial charge in [-0.05, 0) is 58.4 Å². The molecule has 1 saturated heterocycles. The third-order valence-corrected chi connectivity index (χ3v) is 8.05. The molecular formula is C28H24ClNO2. The summed E-state index contributed by atoms with van der Waals surface area (Å²) in [5.41, 5.74) is 6.68. The van der Waals surface area contributed by atoms with Crippen LogP contribution < -0.4 is 4.90 Å². The van der Waals surface area contributed by atoms with E-state index in [9.17, 15) is 9.59 Å². The molecular weight excluding hydrogens is 418 g/mol. The van der Waals surface area contributed by atoms with Crippen molar-refractivity contribution in [3.8, 4) is 0 Å². The molecule has 4 aliphatic rings. The lowest BCUT2D eigenvalue weighted by atomic mass is 9.54. The summed E-state index contributed by atoms with van der Waals surface area (Å²) in [5.74, 6) is -0.696. The van der Waals surface area contributed by atoms with E-state index < -0.39 is 0 Å². The van der Waals surface area contributed by atoms with Gasteiger partial charge in [0.25, 0.3) is 0 Å². The van der Waals surface area contributed by atoms with Crippen molar-refractivity contribution in [2.45, 2.75) is 38.0 Å². The Morgan fingerprint density at radius 3 is 2.06 bits per heavy atom. The summed E-state index contributed by atoms with van der Waals surface area (Å²) >= 11 is 6.20. The maximum atomic E-state index is 13.8. The van der Waals surface area contributed by atoms with Gasteiger partial charge in [-0.15, -0.1) is 0 Å². The number of imide groups is 1. The van der Waals surface area contributed by atoms with Crippen molar-refractivity contribution in [3.63, 3.8) is 0 Å². The molecule has 3 aromatic carbocycles. The van der Waals surface area contributed by atoms with Gasteiger partial charge in [-0.2, -0.15) is 0 Å². The lowest BCUT2D eigenvalue weighted by Crippen LogP contribution is -2.41. The Hall–Kier alpha value is -2.91. The molecule has 1 aliphatic heterocycles. The Labute approximate surface area is 193 Å². The van der Waals surface area contributed by atoms with Crippen LogP contribution in [0.3, 0.4) is 0 Å². The number of anilines is 1. The summed E-state index contributed by atoms with van der Waals surface area (Å²) in [7, 11) is 0. The van der Waals surface area contributed by atoms with Crippen LogP contribution in [0.4, 0.5) is 5.69 Å². The third kappa shape index (κ3) is 2.55. The second-order valence-corrected chi connectivity index (χ2v) is 9.76. The van der Waals surface area contributed by atoms with E-state index >= 15 is 0 Å². The van der Waals surface area contributed by atoms with E-state index in [0.717, 1.165) is 6.42 Å². The fraction of sp³-hybridized carbons (Fsp3) is 0.286. The maximum Gasteiger partial charge on any atom is 0.238 e. The van der Waals surface area contributed by atoms with Gasteiger partial charge >= 0.3 is 0 Å². The topological polar surface area (TPSA) is 37.4 Å². The molecule has 2 bridgehead atoms. The minimum absolute atomic E-state index is 0.0946. The van der Waals surface area contributed by atoms with Gasteiger partial charge in [-0.3, -0.25) is 9.59 Å². The first kappa shape index (κ1) is 19.8. The van der Waals surface area contributed by atoms with Crippen LogP contribution in [0.2, 0.25) is 5.02 Å². The SMILES string of the molecule is CCC(C)c1ccc2c(c1)C1c3ccccc3C2C2C(=O)N(c3cccc(Cl)c3)C(=O)C12. The molecule has 4 heteroatoms. The summed E-state index contributed by atoms with van der Waals surface area (Å²) in [6, 6.07) is 22.1. The molecule has 5 atom stereocenters. The van der Waals surface area contributed by atoms with Gasteiger partial charge in [-0.25, -0.2) is 4.90 Å². The van der Waals surface area contributed by atoms with Crippen molar-refractivity contribution in [3.05, 3.63) is 99.6 Å². The van der Waals surface area contributed by atoms with Crippen molar-refractivity contribution < 1.29 is 9.59 Å². The normalized spacial score (nSPS) is 26.0. The van der Waals surface area contributed by atoms with Gasteiger partial charge in [0.15, 0.2) is 0 Å². The van der Waals surface area contributed by atoms with Crippen molar-refractivity contribution in [1.29, 1.82) is 0 Å². The molecule has 0 N–H and O–H groups in total. The van der Waals surface area contributed by atoms with Crippen LogP contribution in [-0.4, -0.2) is 11.8 Å². The fourth-order valence-corrected chi connectivity index (χ4v) is 6.34. The molecule has 32 heavy (non-hydrogen) atoms. The van der Waals surface area contributed by atoms with E-state index in [1.54, 1.807) is 24.3 Å². The minimum Gasteiger partial charge on any atom is -0.274 e. The number of carbonyl (C=O) groups excluding carboxylic acids is 2. The Morgan fingerprint density at radius 2 is 1.44 bits per heavy atom. The van der Waals surface area contributed by atoms with Crippen LogP contribution in [-0.2, 0) is 9.59 Å². The molecule has 3 aromatic rings. The highest BCUT2D eigenvalue weighted by Crippen LogP contribution is 2.61. The van der Waals surface area contributed by atoms with Crippen LogP contribution >= 0.6 is 11.6 Å². The van der Waals surface area contributed by atoms with Crippen molar-refractivity contribution in [1.82, 2.24) is 0 Å². The lowest BCUT2D eigenvalue weighted by molar-refractivity contribution is -0.122. The lowest BCUT2D eigenvalue weighted by Gasteiger charge is -2.46. The molecule has 7 rings (SSSR count). The molecule has 3 nitrogen and oxygen atoms in total. The number of amides is 2.